The number of piperidine rings is 1. The zero-order valence-electron chi connectivity index (χ0n) is 12.4. The van der Waals surface area contributed by atoms with Crippen LogP contribution in [0.4, 0.5) is 4.79 Å². The fourth-order valence-corrected chi connectivity index (χ4v) is 3.19. The first-order valence-electron chi connectivity index (χ1n) is 7.42. The van der Waals surface area contributed by atoms with Gasteiger partial charge < -0.3 is 19.8 Å². The molecule has 114 valence electrons. The van der Waals surface area contributed by atoms with E-state index in [1.54, 1.807) is 23.9 Å². The zero-order chi connectivity index (χ0) is 14.7. The second-order valence-electron chi connectivity index (χ2n) is 5.97. The van der Waals surface area contributed by atoms with Crippen molar-refractivity contribution in [1.82, 2.24) is 14.7 Å². The summed E-state index contributed by atoms with van der Waals surface area (Å²) in [5, 5.41) is 9.33. The molecule has 2 aliphatic heterocycles. The van der Waals surface area contributed by atoms with E-state index in [1.807, 2.05) is 4.90 Å². The average molecular weight is 283 g/mol. The van der Waals surface area contributed by atoms with Gasteiger partial charge in [-0.1, -0.05) is 0 Å². The molecule has 2 atom stereocenters. The van der Waals surface area contributed by atoms with E-state index in [1.165, 1.54) is 0 Å². The van der Waals surface area contributed by atoms with Crippen molar-refractivity contribution in [3.05, 3.63) is 0 Å². The highest BCUT2D eigenvalue weighted by atomic mass is 16.3. The first kappa shape index (κ1) is 15.1. The molecule has 6 heteroatoms. The number of urea groups is 1. The number of carbonyl (C=O) groups excluding carboxylic acids is 2. The fourth-order valence-electron chi connectivity index (χ4n) is 3.19. The molecule has 0 aromatic rings. The van der Waals surface area contributed by atoms with Gasteiger partial charge in [-0.25, -0.2) is 4.79 Å². The third-order valence-electron chi connectivity index (χ3n) is 4.29. The van der Waals surface area contributed by atoms with Crippen LogP contribution in [0.15, 0.2) is 0 Å². The summed E-state index contributed by atoms with van der Waals surface area (Å²) in [5.41, 5.74) is 0. The molecule has 0 spiro atoms. The predicted octanol–water partition coefficient (Wildman–Crippen LogP) is 0.363. The van der Waals surface area contributed by atoms with Crippen LogP contribution in [0, 0.1) is 5.92 Å². The molecule has 2 aliphatic rings. The van der Waals surface area contributed by atoms with Crippen LogP contribution in [0.25, 0.3) is 0 Å². The Balaban J connectivity index is 1.98. The van der Waals surface area contributed by atoms with Gasteiger partial charge >= 0.3 is 6.03 Å². The van der Waals surface area contributed by atoms with Crippen molar-refractivity contribution in [3.63, 3.8) is 0 Å². The Kier molecular flexibility index (Phi) is 4.86. The molecule has 2 saturated heterocycles. The third kappa shape index (κ3) is 3.06. The summed E-state index contributed by atoms with van der Waals surface area (Å²) >= 11 is 0. The number of hydrogen-bond acceptors (Lipinski definition) is 3. The molecular formula is C14H25N3O3. The van der Waals surface area contributed by atoms with E-state index in [0.717, 1.165) is 38.8 Å². The van der Waals surface area contributed by atoms with Crippen LogP contribution >= 0.6 is 0 Å². The van der Waals surface area contributed by atoms with E-state index in [2.05, 4.69) is 0 Å². The molecule has 2 rings (SSSR count). The molecule has 2 heterocycles. The number of amides is 3. The van der Waals surface area contributed by atoms with Gasteiger partial charge in [0, 0.05) is 33.7 Å². The quantitative estimate of drug-likeness (QED) is 0.796. The third-order valence-corrected chi connectivity index (χ3v) is 4.29. The van der Waals surface area contributed by atoms with E-state index >= 15 is 0 Å². The van der Waals surface area contributed by atoms with Crippen molar-refractivity contribution in [2.45, 2.75) is 31.7 Å². The lowest BCUT2D eigenvalue weighted by molar-refractivity contribution is -0.138. The largest absolute Gasteiger partial charge is 0.394 e. The fraction of sp³-hybridized carbons (Fsp3) is 0.857. The highest BCUT2D eigenvalue weighted by Gasteiger charge is 2.35. The standard InChI is InChI=1S/C14H25N3O3/c1-15(2)14(20)16-7-3-5-11(9-16)13(19)17-8-4-6-12(17)10-18/h11-12,18H,3-10H2,1-2H3. The Morgan fingerprint density at radius 3 is 2.55 bits per heavy atom. The van der Waals surface area contributed by atoms with E-state index < -0.39 is 0 Å². The van der Waals surface area contributed by atoms with Gasteiger partial charge in [-0.2, -0.15) is 0 Å². The molecule has 0 bridgehead atoms. The highest BCUT2D eigenvalue weighted by molar-refractivity contribution is 5.81. The van der Waals surface area contributed by atoms with Crippen LogP contribution in [0.3, 0.4) is 0 Å². The normalized spacial score (nSPS) is 26.8. The Bertz CT molecular complexity index is 373. The monoisotopic (exact) mass is 283 g/mol. The molecule has 20 heavy (non-hydrogen) atoms. The average Bonchev–Trinajstić information content (AvgIpc) is 2.94. The summed E-state index contributed by atoms with van der Waals surface area (Å²) < 4.78 is 0. The number of aliphatic hydroxyl groups is 1. The van der Waals surface area contributed by atoms with Crippen LogP contribution in [-0.2, 0) is 4.79 Å². The van der Waals surface area contributed by atoms with Gasteiger partial charge in [0.15, 0.2) is 0 Å². The molecule has 1 N–H and O–H groups in total. The molecule has 6 nitrogen and oxygen atoms in total. The minimum Gasteiger partial charge on any atom is -0.394 e. The van der Waals surface area contributed by atoms with Crippen molar-refractivity contribution in [3.8, 4) is 0 Å². The van der Waals surface area contributed by atoms with E-state index in [-0.39, 0.29) is 30.5 Å². The lowest BCUT2D eigenvalue weighted by Gasteiger charge is -2.36. The molecule has 3 amide bonds. The van der Waals surface area contributed by atoms with Crippen molar-refractivity contribution in [2.75, 3.05) is 40.3 Å². The van der Waals surface area contributed by atoms with Gasteiger partial charge in [0.1, 0.15) is 0 Å². The Hall–Kier alpha value is -1.30. The van der Waals surface area contributed by atoms with Gasteiger partial charge in [-0.05, 0) is 25.7 Å². The highest BCUT2D eigenvalue weighted by Crippen LogP contribution is 2.24. The second kappa shape index (κ2) is 6.43. The Morgan fingerprint density at radius 2 is 1.90 bits per heavy atom. The number of nitrogens with zero attached hydrogens (tertiary/aromatic N) is 3. The van der Waals surface area contributed by atoms with Crippen LogP contribution in [0.2, 0.25) is 0 Å². The molecule has 0 aromatic heterocycles. The summed E-state index contributed by atoms with van der Waals surface area (Å²) in [6, 6.07) is -0.0509. The summed E-state index contributed by atoms with van der Waals surface area (Å²) in [6.45, 7) is 2.01. The second-order valence-corrected chi connectivity index (χ2v) is 5.97. The lowest BCUT2D eigenvalue weighted by atomic mass is 9.96. The molecule has 2 fully saturated rings. The van der Waals surface area contributed by atoms with E-state index in [0.29, 0.717) is 6.54 Å². The maximum Gasteiger partial charge on any atom is 0.319 e. The van der Waals surface area contributed by atoms with Crippen LogP contribution < -0.4 is 0 Å². The zero-order valence-corrected chi connectivity index (χ0v) is 12.4. The van der Waals surface area contributed by atoms with Gasteiger partial charge in [-0.3, -0.25) is 4.79 Å². The summed E-state index contributed by atoms with van der Waals surface area (Å²) in [4.78, 5) is 29.7. The topological polar surface area (TPSA) is 64.1 Å². The molecule has 2 unspecified atom stereocenters. The maximum atomic E-state index is 12.6. The molecule has 0 aromatic carbocycles. The van der Waals surface area contributed by atoms with E-state index in [4.69, 9.17) is 0 Å². The first-order chi connectivity index (χ1) is 9.54. The number of rotatable bonds is 2. The number of hydrogen-bond donors (Lipinski definition) is 1. The Morgan fingerprint density at radius 1 is 1.20 bits per heavy atom. The van der Waals surface area contributed by atoms with Crippen molar-refractivity contribution in [2.24, 2.45) is 5.92 Å². The predicted molar refractivity (Wildman–Crippen MR) is 75.2 cm³/mol. The lowest BCUT2D eigenvalue weighted by Crippen LogP contribution is -2.50. The van der Waals surface area contributed by atoms with Crippen LogP contribution in [-0.4, -0.2) is 78.1 Å². The smallest absolute Gasteiger partial charge is 0.319 e. The Labute approximate surface area is 120 Å². The van der Waals surface area contributed by atoms with Crippen molar-refractivity contribution >= 4 is 11.9 Å². The van der Waals surface area contributed by atoms with Crippen LogP contribution in [0.5, 0.6) is 0 Å². The van der Waals surface area contributed by atoms with Gasteiger partial charge in [0.05, 0.1) is 18.6 Å². The van der Waals surface area contributed by atoms with E-state index in [9.17, 15) is 14.7 Å². The first-order valence-corrected chi connectivity index (χ1v) is 7.42. The minimum atomic E-state index is -0.111. The molecule has 0 aliphatic carbocycles. The van der Waals surface area contributed by atoms with Crippen molar-refractivity contribution < 1.29 is 14.7 Å². The van der Waals surface area contributed by atoms with Gasteiger partial charge in [0.25, 0.3) is 0 Å². The van der Waals surface area contributed by atoms with Crippen LogP contribution in [0.1, 0.15) is 25.7 Å². The summed E-state index contributed by atoms with van der Waals surface area (Å²) in [6.07, 6.45) is 3.55. The maximum absolute atomic E-state index is 12.6. The van der Waals surface area contributed by atoms with Gasteiger partial charge in [-0.15, -0.1) is 0 Å². The summed E-state index contributed by atoms with van der Waals surface area (Å²) in [7, 11) is 3.46. The molecular weight excluding hydrogens is 258 g/mol. The summed E-state index contributed by atoms with van der Waals surface area (Å²) in [5.74, 6) is -0.00222. The van der Waals surface area contributed by atoms with Crippen molar-refractivity contribution in [1.29, 1.82) is 0 Å². The molecule has 0 radical (unpaired) electrons. The number of aliphatic hydroxyl groups excluding tert-OH is 1. The molecule has 0 saturated carbocycles. The SMILES string of the molecule is CN(C)C(=O)N1CCCC(C(=O)N2CCCC2CO)C1. The minimum absolute atomic E-state index is 0.0253. The number of likely N-dealkylation sites (tertiary alicyclic amines) is 2. The number of carbonyl (C=O) groups is 2. The van der Waals surface area contributed by atoms with Gasteiger partial charge in [0.2, 0.25) is 5.91 Å².